The van der Waals surface area contributed by atoms with Crippen LogP contribution in [0.4, 0.5) is 0 Å². The van der Waals surface area contributed by atoms with Crippen LogP contribution in [0.2, 0.25) is 0 Å². The van der Waals surface area contributed by atoms with Crippen molar-refractivity contribution in [3.63, 3.8) is 0 Å². The molecule has 116 valence electrons. The highest BCUT2D eigenvalue weighted by Gasteiger charge is 2.28. The molecular weight excluding hydrogens is 356 g/mol. The maximum absolute atomic E-state index is 12.7. The Kier molecular flexibility index (Phi) is 5.06. The number of aryl methyl sites for hydroxylation is 1. The average Bonchev–Trinajstić information content (AvgIpc) is 2.64. The number of rotatable bonds is 2. The van der Waals surface area contributed by atoms with Crippen molar-refractivity contribution < 1.29 is 13.2 Å². The summed E-state index contributed by atoms with van der Waals surface area (Å²) in [5, 5.41) is 0. The standard InChI is InChI=1S/C14H19BrN2O3S/c1-11-4-5-14(13(15)10-11)21(19,20)17-7-3-6-16(8-9-17)12(2)18/h4-5,10H,3,6-9H2,1-2H3. The largest absolute Gasteiger partial charge is 0.342 e. The lowest BCUT2D eigenvalue weighted by atomic mass is 10.2. The third-order valence-corrected chi connectivity index (χ3v) is 6.48. The second-order valence-corrected chi connectivity index (χ2v) is 7.96. The van der Waals surface area contributed by atoms with Gasteiger partial charge in [-0.15, -0.1) is 0 Å². The number of carbonyl (C=O) groups is 1. The van der Waals surface area contributed by atoms with E-state index in [9.17, 15) is 13.2 Å². The fourth-order valence-corrected chi connectivity index (χ4v) is 5.03. The molecule has 1 aromatic rings. The van der Waals surface area contributed by atoms with E-state index in [-0.39, 0.29) is 10.8 Å². The Balaban J connectivity index is 2.25. The summed E-state index contributed by atoms with van der Waals surface area (Å²) in [5.41, 5.74) is 0.999. The summed E-state index contributed by atoms with van der Waals surface area (Å²) in [6.07, 6.45) is 0.655. The van der Waals surface area contributed by atoms with Crippen molar-refractivity contribution in [2.24, 2.45) is 0 Å². The molecule has 1 heterocycles. The van der Waals surface area contributed by atoms with Crippen LogP contribution < -0.4 is 0 Å². The number of nitrogens with zero attached hydrogens (tertiary/aromatic N) is 2. The third-order valence-electron chi connectivity index (χ3n) is 3.61. The summed E-state index contributed by atoms with van der Waals surface area (Å²) in [6, 6.07) is 5.21. The van der Waals surface area contributed by atoms with Crippen LogP contribution in [0.25, 0.3) is 0 Å². The van der Waals surface area contributed by atoms with Gasteiger partial charge >= 0.3 is 0 Å². The van der Waals surface area contributed by atoms with Crippen LogP contribution in [0, 0.1) is 6.92 Å². The van der Waals surface area contributed by atoms with E-state index < -0.39 is 10.0 Å². The summed E-state index contributed by atoms with van der Waals surface area (Å²) in [6.45, 7) is 5.25. The number of sulfonamides is 1. The van der Waals surface area contributed by atoms with E-state index in [1.165, 1.54) is 11.2 Å². The van der Waals surface area contributed by atoms with Gasteiger partial charge in [-0.1, -0.05) is 6.07 Å². The summed E-state index contributed by atoms with van der Waals surface area (Å²) in [4.78, 5) is 13.4. The summed E-state index contributed by atoms with van der Waals surface area (Å²) in [7, 11) is -3.53. The molecule has 1 saturated heterocycles. The zero-order valence-corrected chi connectivity index (χ0v) is 14.6. The lowest BCUT2D eigenvalue weighted by Gasteiger charge is -2.21. The summed E-state index contributed by atoms with van der Waals surface area (Å²) < 4.78 is 27.5. The number of hydrogen-bond acceptors (Lipinski definition) is 3. The van der Waals surface area contributed by atoms with E-state index in [2.05, 4.69) is 15.9 Å². The molecule has 0 bridgehead atoms. The average molecular weight is 375 g/mol. The van der Waals surface area contributed by atoms with Crippen molar-refractivity contribution in [3.05, 3.63) is 28.2 Å². The molecule has 7 heteroatoms. The number of benzene rings is 1. The first-order chi connectivity index (χ1) is 9.82. The van der Waals surface area contributed by atoms with Gasteiger partial charge in [0.1, 0.15) is 0 Å². The van der Waals surface area contributed by atoms with Crippen LogP contribution >= 0.6 is 15.9 Å². The molecule has 1 amide bonds. The minimum atomic E-state index is -3.53. The Morgan fingerprint density at radius 1 is 1.19 bits per heavy atom. The van der Waals surface area contributed by atoms with E-state index in [1.54, 1.807) is 23.1 Å². The number of amides is 1. The normalized spacial score (nSPS) is 17.6. The van der Waals surface area contributed by atoms with E-state index in [0.29, 0.717) is 37.1 Å². The van der Waals surface area contributed by atoms with Crippen molar-refractivity contribution in [2.45, 2.75) is 25.2 Å². The Morgan fingerprint density at radius 3 is 2.52 bits per heavy atom. The quantitative estimate of drug-likeness (QED) is 0.795. The topological polar surface area (TPSA) is 57.7 Å². The summed E-state index contributed by atoms with van der Waals surface area (Å²) in [5.74, 6) is -0.00855. The molecule has 0 aromatic heterocycles. The molecule has 2 rings (SSSR count). The molecule has 5 nitrogen and oxygen atoms in total. The molecule has 0 saturated carbocycles. The van der Waals surface area contributed by atoms with Gasteiger partial charge in [0.05, 0.1) is 4.90 Å². The third kappa shape index (κ3) is 3.64. The molecule has 0 spiro atoms. The molecule has 1 aliphatic rings. The van der Waals surface area contributed by atoms with Gasteiger partial charge in [-0.2, -0.15) is 4.31 Å². The van der Waals surface area contributed by atoms with Crippen molar-refractivity contribution in [1.29, 1.82) is 0 Å². The van der Waals surface area contributed by atoms with E-state index in [0.717, 1.165) is 5.56 Å². The molecule has 1 aromatic carbocycles. The van der Waals surface area contributed by atoms with E-state index >= 15 is 0 Å². The minimum Gasteiger partial charge on any atom is -0.342 e. The van der Waals surface area contributed by atoms with Gasteiger partial charge in [0.25, 0.3) is 0 Å². The van der Waals surface area contributed by atoms with Crippen LogP contribution in [-0.2, 0) is 14.8 Å². The molecule has 0 unspecified atom stereocenters. The zero-order chi connectivity index (χ0) is 15.6. The highest BCUT2D eigenvalue weighted by atomic mass is 79.9. The SMILES string of the molecule is CC(=O)N1CCCN(S(=O)(=O)c2ccc(C)cc2Br)CC1. The van der Waals surface area contributed by atoms with Gasteiger partial charge in [0.15, 0.2) is 0 Å². The van der Waals surface area contributed by atoms with E-state index in [4.69, 9.17) is 0 Å². The molecular formula is C14H19BrN2O3S. The van der Waals surface area contributed by atoms with Crippen molar-refractivity contribution in [1.82, 2.24) is 9.21 Å². The van der Waals surface area contributed by atoms with E-state index in [1.807, 2.05) is 6.92 Å². The molecule has 1 aliphatic heterocycles. The molecule has 0 atom stereocenters. The van der Waals surface area contributed by atoms with Crippen LogP contribution in [0.5, 0.6) is 0 Å². The molecule has 0 aliphatic carbocycles. The second kappa shape index (κ2) is 6.46. The Bertz CT molecular complexity index is 646. The van der Waals surface area contributed by atoms with Crippen LogP contribution in [0.15, 0.2) is 27.6 Å². The number of halogens is 1. The molecule has 21 heavy (non-hydrogen) atoms. The van der Waals surface area contributed by atoms with Gasteiger partial charge in [-0.25, -0.2) is 8.42 Å². The molecule has 0 radical (unpaired) electrons. The lowest BCUT2D eigenvalue weighted by molar-refractivity contribution is -0.128. The highest BCUT2D eigenvalue weighted by Crippen LogP contribution is 2.26. The van der Waals surface area contributed by atoms with Crippen molar-refractivity contribution in [2.75, 3.05) is 26.2 Å². The van der Waals surface area contributed by atoms with Crippen molar-refractivity contribution in [3.8, 4) is 0 Å². The van der Waals surface area contributed by atoms with Crippen LogP contribution in [0.3, 0.4) is 0 Å². The first kappa shape index (κ1) is 16.5. The fourth-order valence-electron chi connectivity index (χ4n) is 2.40. The maximum Gasteiger partial charge on any atom is 0.244 e. The Hall–Kier alpha value is -0.920. The van der Waals surface area contributed by atoms with Gasteiger partial charge < -0.3 is 4.90 Å². The van der Waals surface area contributed by atoms with Crippen LogP contribution in [-0.4, -0.2) is 49.7 Å². The van der Waals surface area contributed by atoms with Gasteiger partial charge in [0.2, 0.25) is 15.9 Å². The number of hydrogen-bond donors (Lipinski definition) is 0. The van der Waals surface area contributed by atoms with Crippen molar-refractivity contribution >= 4 is 31.9 Å². The first-order valence-electron chi connectivity index (χ1n) is 6.84. The van der Waals surface area contributed by atoms with Gasteiger partial charge in [0, 0.05) is 37.6 Å². The molecule has 1 fully saturated rings. The maximum atomic E-state index is 12.7. The van der Waals surface area contributed by atoms with Gasteiger partial charge in [-0.3, -0.25) is 4.79 Å². The predicted molar refractivity (Wildman–Crippen MR) is 84.5 cm³/mol. The Morgan fingerprint density at radius 2 is 1.90 bits per heavy atom. The summed E-state index contributed by atoms with van der Waals surface area (Å²) >= 11 is 3.33. The minimum absolute atomic E-state index is 0.00855. The zero-order valence-electron chi connectivity index (χ0n) is 12.2. The monoisotopic (exact) mass is 374 g/mol. The predicted octanol–water partition coefficient (Wildman–Crippen LogP) is 2.00. The van der Waals surface area contributed by atoms with Gasteiger partial charge in [-0.05, 0) is 47.0 Å². The Labute approximate surface area is 134 Å². The van der Waals surface area contributed by atoms with Crippen LogP contribution in [0.1, 0.15) is 18.9 Å². The lowest BCUT2D eigenvalue weighted by Crippen LogP contribution is -2.36. The highest BCUT2D eigenvalue weighted by molar-refractivity contribution is 9.10. The molecule has 0 N–H and O–H groups in total. The number of carbonyl (C=O) groups excluding carboxylic acids is 1. The first-order valence-corrected chi connectivity index (χ1v) is 9.07. The fraction of sp³-hybridized carbons (Fsp3) is 0.500. The second-order valence-electron chi connectivity index (χ2n) is 5.20. The smallest absolute Gasteiger partial charge is 0.244 e.